The van der Waals surface area contributed by atoms with Crippen LogP contribution in [0.2, 0.25) is 0 Å². The van der Waals surface area contributed by atoms with E-state index in [2.05, 4.69) is 29.5 Å². The Hall–Kier alpha value is -1.70. The molecule has 0 spiro atoms. The smallest absolute Gasteiger partial charge is 0.128 e. The van der Waals surface area contributed by atoms with E-state index in [4.69, 9.17) is 4.74 Å². The Morgan fingerprint density at radius 3 is 3.00 bits per heavy atom. The third kappa shape index (κ3) is 1.75. The Morgan fingerprint density at radius 2 is 2.27 bits per heavy atom. The van der Waals surface area contributed by atoms with E-state index in [1.54, 1.807) is 0 Å². The zero-order chi connectivity index (χ0) is 10.7. The number of hydrogen-bond donors (Lipinski definition) is 0. The summed E-state index contributed by atoms with van der Waals surface area (Å²) >= 11 is 0. The summed E-state index contributed by atoms with van der Waals surface area (Å²) in [7, 11) is 0. The molecular weight excluding hydrogens is 186 g/mol. The maximum atomic E-state index is 5.57. The number of benzene rings is 1. The van der Waals surface area contributed by atoms with Crippen molar-refractivity contribution in [3.05, 3.63) is 43.1 Å². The lowest BCUT2D eigenvalue weighted by Crippen LogP contribution is -1.94. The summed E-state index contributed by atoms with van der Waals surface area (Å²) in [6, 6.07) is 8.21. The van der Waals surface area contributed by atoms with E-state index < -0.39 is 0 Å². The molecule has 0 amide bonds. The van der Waals surface area contributed by atoms with Crippen LogP contribution in [0.3, 0.4) is 0 Å². The number of aromatic nitrogens is 1. The van der Waals surface area contributed by atoms with Gasteiger partial charge < -0.3 is 9.30 Å². The van der Waals surface area contributed by atoms with Gasteiger partial charge in [0.15, 0.2) is 0 Å². The monoisotopic (exact) mass is 201 g/mol. The van der Waals surface area contributed by atoms with Gasteiger partial charge in [-0.25, -0.2) is 0 Å². The van der Waals surface area contributed by atoms with Crippen LogP contribution >= 0.6 is 0 Å². The van der Waals surface area contributed by atoms with Crippen molar-refractivity contribution in [2.45, 2.75) is 13.5 Å². The molecule has 0 aliphatic rings. The minimum absolute atomic E-state index is 0.700. The van der Waals surface area contributed by atoms with Crippen LogP contribution in [0.5, 0.6) is 5.75 Å². The molecule has 78 valence electrons. The van der Waals surface area contributed by atoms with Gasteiger partial charge in [-0.05, 0) is 25.1 Å². The highest BCUT2D eigenvalue weighted by atomic mass is 16.5. The van der Waals surface area contributed by atoms with Gasteiger partial charge in [-0.3, -0.25) is 0 Å². The van der Waals surface area contributed by atoms with E-state index in [1.807, 2.05) is 25.1 Å². The molecule has 0 aliphatic carbocycles. The molecule has 0 fully saturated rings. The summed E-state index contributed by atoms with van der Waals surface area (Å²) in [6.45, 7) is 7.28. The van der Waals surface area contributed by atoms with Crippen molar-refractivity contribution in [3.8, 4) is 5.75 Å². The minimum atomic E-state index is 0.700. The van der Waals surface area contributed by atoms with Crippen LogP contribution in [0.25, 0.3) is 10.9 Å². The largest absolute Gasteiger partial charge is 0.493 e. The molecule has 1 heterocycles. The van der Waals surface area contributed by atoms with Crippen LogP contribution in [-0.4, -0.2) is 11.2 Å². The van der Waals surface area contributed by atoms with E-state index in [0.717, 1.165) is 12.3 Å². The second-order valence-electron chi connectivity index (χ2n) is 3.38. The maximum Gasteiger partial charge on any atom is 0.128 e. The molecule has 0 bridgehead atoms. The first-order valence-electron chi connectivity index (χ1n) is 5.18. The number of nitrogens with zero attached hydrogens (tertiary/aromatic N) is 1. The average molecular weight is 201 g/mol. The highest BCUT2D eigenvalue weighted by Gasteiger charge is 2.04. The topological polar surface area (TPSA) is 14.2 Å². The van der Waals surface area contributed by atoms with Crippen LogP contribution in [-0.2, 0) is 6.54 Å². The molecule has 15 heavy (non-hydrogen) atoms. The number of allylic oxidation sites excluding steroid dienone is 1. The standard InChI is InChI=1S/C13H15NO/c1-3-9-14-10-8-11-12(14)6-5-7-13(11)15-4-2/h3,5-8,10H,1,4,9H2,2H3. The van der Waals surface area contributed by atoms with Crippen molar-refractivity contribution in [1.82, 2.24) is 4.57 Å². The number of rotatable bonds is 4. The second kappa shape index (κ2) is 4.22. The molecule has 0 N–H and O–H groups in total. The molecule has 0 saturated carbocycles. The third-order valence-corrected chi connectivity index (χ3v) is 2.40. The van der Waals surface area contributed by atoms with E-state index in [9.17, 15) is 0 Å². The quantitative estimate of drug-likeness (QED) is 0.693. The maximum absolute atomic E-state index is 5.57. The lowest BCUT2D eigenvalue weighted by atomic mass is 10.2. The Labute approximate surface area is 89.8 Å². The predicted molar refractivity (Wildman–Crippen MR) is 63.3 cm³/mol. The zero-order valence-corrected chi connectivity index (χ0v) is 8.94. The van der Waals surface area contributed by atoms with Crippen LogP contribution in [0.1, 0.15) is 6.92 Å². The summed E-state index contributed by atoms with van der Waals surface area (Å²) in [5.41, 5.74) is 1.20. The lowest BCUT2D eigenvalue weighted by Gasteiger charge is -2.05. The molecule has 0 aliphatic heterocycles. The van der Waals surface area contributed by atoms with Crippen molar-refractivity contribution in [2.75, 3.05) is 6.61 Å². The van der Waals surface area contributed by atoms with Crippen LogP contribution in [0.4, 0.5) is 0 Å². The lowest BCUT2D eigenvalue weighted by molar-refractivity contribution is 0.344. The number of hydrogen-bond acceptors (Lipinski definition) is 1. The van der Waals surface area contributed by atoms with Crippen molar-refractivity contribution < 1.29 is 4.74 Å². The van der Waals surface area contributed by atoms with E-state index >= 15 is 0 Å². The van der Waals surface area contributed by atoms with Crippen molar-refractivity contribution in [2.24, 2.45) is 0 Å². The van der Waals surface area contributed by atoms with Gasteiger partial charge >= 0.3 is 0 Å². The predicted octanol–water partition coefficient (Wildman–Crippen LogP) is 3.23. The molecule has 0 atom stereocenters. The molecular formula is C13H15NO. The number of ether oxygens (including phenoxy) is 1. The summed E-state index contributed by atoms with van der Waals surface area (Å²) in [5, 5.41) is 1.17. The van der Waals surface area contributed by atoms with Gasteiger partial charge in [-0.2, -0.15) is 0 Å². The van der Waals surface area contributed by atoms with Gasteiger partial charge in [-0.1, -0.05) is 12.1 Å². The molecule has 2 aromatic rings. The Kier molecular flexibility index (Phi) is 2.77. The van der Waals surface area contributed by atoms with Gasteiger partial charge in [-0.15, -0.1) is 6.58 Å². The van der Waals surface area contributed by atoms with Gasteiger partial charge in [0.25, 0.3) is 0 Å². The summed E-state index contributed by atoms with van der Waals surface area (Å²) in [4.78, 5) is 0. The van der Waals surface area contributed by atoms with Gasteiger partial charge in [0.2, 0.25) is 0 Å². The van der Waals surface area contributed by atoms with Crippen LogP contribution in [0, 0.1) is 0 Å². The molecule has 2 heteroatoms. The fourth-order valence-corrected chi connectivity index (χ4v) is 1.77. The highest BCUT2D eigenvalue weighted by molar-refractivity contribution is 5.86. The first kappa shape index (κ1) is 9.84. The molecule has 0 saturated heterocycles. The van der Waals surface area contributed by atoms with E-state index in [-0.39, 0.29) is 0 Å². The summed E-state index contributed by atoms with van der Waals surface area (Å²) in [5.74, 6) is 0.956. The van der Waals surface area contributed by atoms with Crippen molar-refractivity contribution >= 4 is 10.9 Å². The van der Waals surface area contributed by atoms with E-state index in [0.29, 0.717) is 6.61 Å². The van der Waals surface area contributed by atoms with Crippen molar-refractivity contribution in [1.29, 1.82) is 0 Å². The number of fused-ring (bicyclic) bond motifs is 1. The molecule has 1 aromatic carbocycles. The molecule has 2 rings (SSSR count). The Bertz CT molecular complexity index is 470. The first-order chi connectivity index (χ1) is 7.36. The molecule has 1 aromatic heterocycles. The normalized spacial score (nSPS) is 10.5. The average Bonchev–Trinajstić information content (AvgIpc) is 2.64. The van der Waals surface area contributed by atoms with Crippen LogP contribution in [0.15, 0.2) is 43.1 Å². The van der Waals surface area contributed by atoms with E-state index in [1.165, 1.54) is 10.9 Å². The second-order valence-corrected chi connectivity index (χ2v) is 3.38. The van der Waals surface area contributed by atoms with Crippen LogP contribution < -0.4 is 4.74 Å². The fraction of sp³-hybridized carbons (Fsp3) is 0.231. The van der Waals surface area contributed by atoms with Gasteiger partial charge in [0.1, 0.15) is 5.75 Å². The Morgan fingerprint density at radius 1 is 1.40 bits per heavy atom. The highest BCUT2D eigenvalue weighted by Crippen LogP contribution is 2.26. The summed E-state index contributed by atoms with van der Waals surface area (Å²) < 4.78 is 7.73. The molecule has 0 unspecified atom stereocenters. The molecule has 0 radical (unpaired) electrons. The Balaban J connectivity index is 2.52. The summed E-state index contributed by atoms with van der Waals surface area (Å²) in [6.07, 6.45) is 3.96. The molecule has 2 nitrogen and oxygen atoms in total. The van der Waals surface area contributed by atoms with Gasteiger partial charge in [0.05, 0.1) is 12.1 Å². The fourth-order valence-electron chi connectivity index (χ4n) is 1.77. The SMILES string of the molecule is C=CCn1ccc2c(OCC)cccc21. The third-order valence-electron chi connectivity index (χ3n) is 2.40. The van der Waals surface area contributed by atoms with Gasteiger partial charge in [0, 0.05) is 18.1 Å². The van der Waals surface area contributed by atoms with Crippen molar-refractivity contribution in [3.63, 3.8) is 0 Å². The minimum Gasteiger partial charge on any atom is -0.493 e. The first-order valence-corrected chi connectivity index (χ1v) is 5.18. The zero-order valence-electron chi connectivity index (χ0n) is 8.94.